The lowest BCUT2D eigenvalue weighted by Crippen LogP contribution is -2.29. The van der Waals surface area contributed by atoms with Gasteiger partial charge in [0.15, 0.2) is 4.96 Å². The molecular formula is C15H25N3S. The van der Waals surface area contributed by atoms with Gasteiger partial charge in [0.2, 0.25) is 0 Å². The molecule has 0 saturated heterocycles. The summed E-state index contributed by atoms with van der Waals surface area (Å²) in [6.07, 6.45) is 8.53. The van der Waals surface area contributed by atoms with Crippen LogP contribution in [0.2, 0.25) is 0 Å². The van der Waals surface area contributed by atoms with E-state index in [1.165, 1.54) is 37.8 Å². The number of imidazole rings is 1. The number of hydrogen-bond acceptors (Lipinski definition) is 3. The van der Waals surface area contributed by atoms with E-state index in [0.29, 0.717) is 6.04 Å². The van der Waals surface area contributed by atoms with Crippen molar-refractivity contribution >= 4 is 16.3 Å². The van der Waals surface area contributed by atoms with Gasteiger partial charge in [-0.05, 0) is 19.8 Å². The van der Waals surface area contributed by atoms with E-state index in [2.05, 4.69) is 47.0 Å². The van der Waals surface area contributed by atoms with Crippen LogP contribution in [0.25, 0.3) is 4.96 Å². The first-order chi connectivity index (χ1) is 9.26. The monoisotopic (exact) mass is 279 g/mol. The largest absolute Gasteiger partial charge is 0.308 e. The zero-order valence-electron chi connectivity index (χ0n) is 12.3. The number of hydrogen-bond donors (Lipinski definition) is 1. The van der Waals surface area contributed by atoms with Crippen molar-refractivity contribution in [2.24, 2.45) is 0 Å². The van der Waals surface area contributed by atoms with E-state index in [1.807, 2.05) is 0 Å². The molecule has 2 aromatic rings. The van der Waals surface area contributed by atoms with E-state index < -0.39 is 0 Å². The van der Waals surface area contributed by atoms with Gasteiger partial charge in [-0.1, -0.05) is 33.1 Å². The number of aromatic nitrogens is 2. The van der Waals surface area contributed by atoms with Crippen molar-refractivity contribution in [1.29, 1.82) is 0 Å². The Kier molecular flexibility index (Phi) is 5.40. The zero-order chi connectivity index (χ0) is 13.7. The van der Waals surface area contributed by atoms with Crippen LogP contribution in [0.5, 0.6) is 0 Å². The van der Waals surface area contributed by atoms with Crippen LogP contribution < -0.4 is 5.32 Å². The number of nitrogens with zero attached hydrogens (tertiary/aromatic N) is 2. The van der Waals surface area contributed by atoms with E-state index in [0.717, 1.165) is 17.2 Å². The maximum absolute atomic E-state index is 4.60. The van der Waals surface area contributed by atoms with Gasteiger partial charge in [-0.15, -0.1) is 11.3 Å². The topological polar surface area (TPSA) is 29.3 Å². The highest BCUT2D eigenvalue weighted by Crippen LogP contribution is 2.17. The van der Waals surface area contributed by atoms with Crippen LogP contribution in [0.1, 0.15) is 57.3 Å². The fourth-order valence-electron chi connectivity index (χ4n) is 2.54. The maximum atomic E-state index is 4.60. The second-order valence-electron chi connectivity index (χ2n) is 5.21. The first-order valence-electron chi connectivity index (χ1n) is 7.40. The minimum Gasteiger partial charge on any atom is -0.308 e. The van der Waals surface area contributed by atoms with Crippen molar-refractivity contribution in [3.63, 3.8) is 0 Å². The lowest BCUT2D eigenvalue weighted by molar-refractivity contribution is 0.430. The first kappa shape index (κ1) is 14.5. The number of nitrogens with one attached hydrogen (secondary N) is 1. The highest BCUT2D eigenvalue weighted by molar-refractivity contribution is 7.15. The molecule has 0 aliphatic heterocycles. The van der Waals surface area contributed by atoms with Crippen molar-refractivity contribution in [3.05, 3.63) is 23.0 Å². The summed E-state index contributed by atoms with van der Waals surface area (Å²) in [5.41, 5.74) is 2.47. The second-order valence-corrected chi connectivity index (χ2v) is 6.08. The standard InChI is InChI=1S/C15H25N3S/c1-4-6-8-13(7-5-2)16-11-14-12(3)17-15-18(14)9-10-19-15/h9-10,13,16H,4-8,11H2,1-3H3. The molecule has 0 saturated carbocycles. The third kappa shape index (κ3) is 3.57. The molecule has 0 aliphatic rings. The van der Waals surface area contributed by atoms with Gasteiger partial charge in [-0.3, -0.25) is 4.40 Å². The molecule has 0 radical (unpaired) electrons. The van der Waals surface area contributed by atoms with Gasteiger partial charge in [0.05, 0.1) is 11.4 Å². The Morgan fingerprint density at radius 1 is 1.32 bits per heavy atom. The normalized spacial score (nSPS) is 13.2. The Balaban J connectivity index is 1.99. The molecule has 0 aliphatic carbocycles. The fourth-order valence-corrected chi connectivity index (χ4v) is 3.32. The summed E-state index contributed by atoms with van der Waals surface area (Å²) in [4.78, 5) is 5.71. The molecule has 0 spiro atoms. The Morgan fingerprint density at radius 3 is 2.89 bits per heavy atom. The van der Waals surface area contributed by atoms with Crippen LogP contribution in [0.3, 0.4) is 0 Å². The lowest BCUT2D eigenvalue weighted by atomic mass is 10.1. The number of rotatable bonds is 8. The number of fused-ring (bicyclic) bond motifs is 1. The number of unbranched alkanes of at least 4 members (excludes halogenated alkanes) is 1. The van der Waals surface area contributed by atoms with E-state index in [1.54, 1.807) is 11.3 Å². The molecule has 3 nitrogen and oxygen atoms in total. The minimum atomic E-state index is 0.647. The van der Waals surface area contributed by atoms with Crippen LogP contribution >= 0.6 is 11.3 Å². The molecule has 2 aromatic heterocycles. The van der Waals surface area contributed by atoms with Crippen LogP contribution in [-0.2, 0) is 6.54 Å². The van der Waals surface area contributed by atoms with Gasteiger partial charge in [0, 0.05) is 24.2 Å². The van der Waals surface area contributed by atoms with Crippen molar-refractivity contribution in [2.45, 2.75) is 65.5 Å². The summed E-state index contributed by atoms with van der Waals surface area (Å²) in [5, 5.41) is 5.83. The molecule has 106 valence electrons. The molecule has 0 bridgehead atoms. The Labute approximate surface area is 120 Å². The van der Waals surface area contributed by atoms with E-state index in [4.69, 9.17) is 0 Å². The van der Waals surface area contributed by atoms with Crippen molar-refractivity contribution in [3.8, 4) is 0 Å². The summed E-state index contributed by atoms with van der Waals surface area (Å²) in [7, 11) is 0. The van der Waals surface area contributed by atoms with Crippen LogP contribution in [0.4, 0.5) is 0 Å². The Hall–Kier alpha value is -0.870. The smallest absolute Gasteiger partial charge is 0.194 e. The van der Waals surface area contributed by atoms with Gasteiger partial charge in [-0.25, -0.2) is 4.98 Å². The van der Waals surface area contributed by atoms with E-state index >= 15 is 0 Å². The Morgan fingerprint density at radius 2 is 2.16 bits per heavy atom. The molecule has 0 fully saturated rings. The maximum Gasteiger partial charge on any atom is 0.194 e. The van der Waals surface area contributed by atoms with Crippen molar-refractivity contribution in [1.82, 2.24) is 14.7 Å². The molecule has 4 heteroatoms. The first-order valence-corrected chi connectivity index (χ1v) is 8.28. The van der Waals surface area contributed by atoms with Crippen LogP contribution in [-0.4, -0.2) is 15.4 Å². The van der Waals surface area contributed by atoms with Crippen molar-refractivity contribution < 1.29 is 0 Å². The zero-order valence-corrected chi connectivity index (χ0v) is 13.1. The van der Waals surface area contributed by atoms with Crippen LogP contribution in [0.15, 0.2) is 11.6 Å². The van der Waals surface area contributed by atoms with Gasteiger partial charge >= 0.3 is 0 Å². The predicted molar refractivity (Wildman–Crippen MR) is 82.9 cm³/mol. The quantitative estimate of drug-likeness (QED) is 0.786. The third-order valence-electron chi connectivity index (χ3n) is 3.66. The highest BCUT2D eigenvalue weighted by Gasteiger charge is 2.12. The summed E-state index contributed by atoms with van der Waals surface area (Å²) >= 11 is 1.70. The lowest BCUT2D eigenvalue weighted by Gasteiger charge is -2.17. The molecule has 1 unspecified atom stereocenters. The number of aryl methyl sites for hydroxylation is 1. The molecule has 0 amide bonds. The SMILES string of the molecule is CCCCC(CCC)NCc1c(C)nc2sccn12. The van der Waals surface area contributed by atoms with E-state index in [-0.39, 0.29) is 0 Å². The summed E-state index contributed by atoms with van der Waals surface area (Å²) in [6, 6.07) is 0.647. The fraction of sp³-hybridized carbons (Fsp3) is 0.667. The second kappa shape index (κ2) is 7.06. The van der Waals surface area contributed by atoms with Gasteiger partial charge < -0.3 is 5.32 Å². The molecular weight excluding hydrogens is 254 g/mol. The third-order valence-corrected chi connectivity index (χ3v) is 4.42. The van der Waals surface area contributed by atoms with Crippen LogP contribution in [0, 0.1) is 6.92 Å². The summed E-state index contributed by atoms with van der Waals surface area (Å²) in [5.74, 6) is 0. The van der Waals surface area contributed by atoms with Gasteiger partial charge in [0.1, 0.15) is 0 Å². The molecule has 1 N–H and O–H groups in total. The Bertz CT molecular complexity index is 500. The predicted octanol–water partition coefficient (Wildman–Crippen LogP) is 4.15. The van der Waals surface area contributed by atoms with Crippen molar-refractivity contribution in [2.75, 3.05) is 0 Å². The molecule has 2 rings (SSSR count). The van der Waals surface area contributed by atoms with E-state index in [9.17, 15) is 0 Å². The molecule has 2 heterocycles. The molecule has 19 heavy (non-hydrogen) atoms. The highest BCUT2D eigenvalue weighted by atomic mass is 32.1. The molecule has 0 aromatic carbocycles. The minimum absolute atomic E-state index is 0.647. The number of thiazole rings is 1. The van der Waals surface area contributed by atoms with Gasteiger partial charge in [-0.2, -0.15) is 0 Å². The average Bonchev–Trinajstić information content (AvgIpc) is 2.94. The summed E-state index contributed by atoms with van der Waals surface area (Å²) < 4.78 is 2.22. The molecule has 1 atom stereocenters. The summed E-state index contributed by atoms with van der Waals surface area (Å²) in [6.45, 7) is 7.57. The van der Waals surface area contributed by atoms with Gasteiger partial charge in [0.25, 0.3) is 0 Å². The average molecular weight is 279 g/mol.